The Morgan fingerprint density at radius 1 is 1.30 bits per heavy atom. The van der Waals surface area contributed by atoms with Crippen LogP contribution in [-0.4, -0.2) is 46.5 Å². The lowest BCUT2D eigenvalue weighted by Gasteiger charge is -2.19. The number of hydrogen-bond donors (Lipinski definition) is 2. The Balaban J connectivity index is 1.86. The van der Waals surface area contributed by atoms with E-state index < -0.39 is 0 Å². The van der Waals surface area contributed by atoms with Gasteiger partial charge < -0.3 is 20.1 Å². The van der Waals surface area contributed by atoms with E-state index in [0.29, 0.717) is 24.3 Å². The van der Waals surface area contributed by atoms with Gasteiger partial charge in [-0.25, -0.2) is 9.78 Å². The summed E-state index contributed by atoms with van der Waals surface area (Å²) in [6.07, 6.45) is 6.25. The molecule has 3 amide bonds. The van der Waals surface area contributed by atoms with Crippen LogP contribution in [-0.2, 0) is 13.5 Å². The zero-order valence-electron chi connectivity index (χ0n) is 16.6. The molecule has 0 fully saturated rings. The average Bonchev–Trinajstić information content (AvgIpc) is 3.06. The molecule has 0 bridgehead atoms. The summed E-state index contributed by atoms with van der Waals surface area (Å²) in [5.74, 6) is 0.917. The first-order valence-corrected chi connectivity index (χ1v) is 9.29. The molecule has 0 radical (unpaired) electrons. The Bertz CT molecular complexity index is 784. The van der Waals surface area contributed by atoms with Crippen LogP contribution in [0.3, 0.4) is 0 Å². The third-order valence-corrected chi connectivity index (χ3v) is 4.43. The number of imidazole rings is 1. The predicted octanol–water partition coefficient (Wildman–Crippen LogP) is 2.96. The van der Waals surface area contributed by atoms with Crippen molar-refractivity contribution >= 4 is 17.6 Å². The summed E-state index contributed by atoms with van der Waals surface area (Å²) >= 11 is 0. The van der Waals surface area contributed by atoms with E-state index in [1.54, 1.807) is 36.3 Å². The standard InChI is InChI=1S/C20H29N5O2/c1-5-10-22-19(26)16-8-9-17(15(2)14-16)23-20(27)25(4)12-6-7-18-21-11-13-24(18)3/h8-9,11,13-14H,5-7,10,12H2,1-4H3,(H,22,26)(H,23,27). The van der Waals surface area contributed by atoms with Crippen molar-refractivity contribution in [1.82, 2.24) is 19.8 Å². The fourth-order valence-corrected chi connectivity index (χ4v) is 2.71. The van der Waals surface area contributed by atoms with E-state index in [9.17, 15) is 9.59 Å². The van der Waals surface area contributed by atoms with Crippen LogP contribution in [0.5, 0.6) is 0 Å². The third-order valence-electron chi connectivity index (χ3n) is 4.43. The average molecular weight is 371 g/mol. The SMILES string of the molecule is CCCNC(=O)c1ccc(NC(=O)N(C)CCCc2nccn2C)c(C)c1. The second-order valence-corrected chi connectivity index (χ2v) is 6.70. The first-order chi connectivity index (χ1) is 12.9. The Morgan fingerprint density at radius 2 is 2.07 bits per heavy atom. The molecule has 1 aromatic carbocycles. The van der Waals surface area contributed by atoms with Crippen molar-refractivity contribution < 1.29 is 9.59 Å². The topological polar surface area (TPSA) is 79.3 Å². The number of benzene rings is 1. The Morgan fingerprint density at radius 3 is 2.70 bits per heavy atom. The van der Waals surface area contributed by atoms with Crippen LogP contribution in [0.2, 0.25) is 0 Å². The Hall–Kier alpha value is -2.83. The van der Waals surface area contributed by atoms with Crippen molar-refractivity contribution in [2.75, 3.05) is 25.5 Å². The van der Waals surface area contributed by atoms with Crippen molar-refractivity contribution in [2.45, 2.75) is 33.1 Å². The first-order valence-electron chi connectivity index (χ1n) is 9.29. The minimum atomic E-state index is -0.166. The molecule has 2 rings (SSSR count). The summed E-state index contributed by atoms with van der Waals surface area (Å²) in [5, 5.41) is 5.76. The maximum atomic E-state index is 12.4. The largest absolute Gasteiger partial charge is 0.352 e. The van der Waals surface area contributed by atoms with Gasteiger partial charge in [-0.1, -0.05) is 6.92 Å². The van der Waals surface area contributed by atoms with Gasteiger partial charge >= 0.3 is 6.03 Å². The zero-order chi connectivity index (χ0) is 19.8. The number of nitrogens with zero attached hydrogens (tertiary/aromatic N) is 3. The molecule has 0 aliphatic carbocycles. The minimum absolute atomic E-state index is 0.0933. The van der Waals surface area contributed by atoms with Gasteiger partial charge in [-0.05, 0) is 43.5 Å². The molecule has 0 saturated carbocycles. The number of nitrogens with one attached hydrogen (secondary N) is 2. The van der Waals surface area contributed by atoms with E-state index in [1.807, 2.05) is 31.7 Å². The first kappa shape index (κ1) is 20.5. The second kappa shape index (κ2) is 9.75. The van der Waals surface area contributed by atoms with E-state index >= 15 is 0 Å². The smallest absolute Gasteiger partial charge is 0.321 e. The van der Waals surface area contributed by atoms with Gasteiger partial charge in [0.1, 0.15) is 5.82 Å². The molecule has 27 heavy (non-hydrogen) atoms. The second-order valence-electron chi connectivity index (χ2n) is 6.70. The highest BCUT2D eigenvalue weighted by molar-refractivity contribution is 5.96. The van der Waals surface area contributed by atoms with Gasteiger partial charge in [0.05, 0.1) is 0 Å². The summed E-state index contributed by atoms with van der Waals surface area (Å²) < 4.78 is 1.99. The van der Waals surface area contributed by atoms with Gasteiger partial charge in [0, 0.05) is 57.3 Å². The van der Waals surface area contributed by atoms with E-state index in [4.69, 9.17) is 0 Å². The molecule has 1 heterocycles. The van der Waals surface area contributed by atoms with Crippen LogP contribution in [0.25, 0.3) is 0 Å². The number of amides is 3. The quantitative estimate of drug-likeness (QED) is 0.749. The molecule has 2 aromatic rings. The summed E-state index contributed by atoms with van der Waals surface area (Å²) in [4.78, 5) is 30.4. The lowest BCUT2D eigenvalue weighted by molar-refractivity contribution is 0.0953. The minimum Gasteiger partial charge on any atom is -0.352 e. The van der Waals surface area contributed by atoms with Crippen molar-refractivity contribution in [2.24, 2.45) is 7.05 Å². The number of aromatic nitrogens is 2. The molecule has 0 unspecified atom stereocenters. The van der Waals surface area contributed by atoms with Crippen LogP contribution >= 0.6 is 0 Å². The highest BCUT2D eigenvalue weighted by Gasteiger charge is 2.12. The molecule has 0 aliphatic heterocycles. The van der Waals surface area contributed by atoms with Crippen LogP contribution < -0.4 is 10.6 Å². The van der Waals surface area contributed by atoms with Crippen molar-refractivity contribution in [3.63, 3.8) is 0 Å². The van der Waals surface area contributed by atoms with E-state index in [-0.39, 0.29) is 11.9 Å². The number of aryl methyl sites for hydroxylation is 3. The maximum absolute atomic E-state index is 12.4. The molecule has 0 aliphatic rings. The molecule has 0 saturated heterocycles. The zero-order valence-corrected chi connectivity index (χ0v) is 16.6. The molecule has 1 aromatic heterocycles. The van der Waals surface area contributed by atoms with Gasteiger partial charge in [-0.3, -0.25) is 4.79 Å². The van der Waals surface area contributed by atoms with E-state index in [2.05, 4.69) is 15.6 Å². The number of hydrogen-bond acceptors (Lipinski definition) is 3. The van der Waals surface area contributed by atoms with Crippen LogP contribution in [0, 0.1) is 6.92 Å². The molecule has 146 valence electrons. The lowest BCUT2D eigenvalue weighted by Crippen LogP contribution is -2.32. The Labute approximate surface area is 160 Å². The fraction of sp³-hybridized carbons (Fsp3) is 0.450. The number of carbonyl (C=O) groups excluding carboxylic acids is 2. The predicted molar refractivity (Wildman–Crippen MR) is 107 cm³/mol. The van der Waals surface area contributed by atoms with E-state index in [0.717, 1.165) is 30.7 Å². The summed E-state index contributed by atoms with van der Waals surface area (Å²) in [7, 11) is 3.74. The van der Waals surface area contributed by atoms with Gasteiger partial charge in [-0.2, -0.15) is 0 Å². The molecular weight excluding hydrogens is 342 g/mol. The van der Waals surface area contributed by atoms with Gasteiger partial charge in [-0.15, -0.1) is 0 Å². The molecule has 0 spiro atoms. The van der Waals surface area contributed by atoms with Gasteiger partial charge in [0.25, 0.3) is 5.91 Å². The van der Waals surface area contributed by atoms with Crippen LogP contribution in [0.4, 0.5) is 10.5 Å². The van der Waals surface area contributed by atoms with Crippen LogP contribution in [0.1, 0.15) is 41.5 Å². The van der Waals surface area contributed by atoms with Crippen molar-refractivity contribution in [3.8, 4) is 0 Å². The summed E-state index contributed by atoms with van der Waals surface area (Å²) in [6.45, 7) is 5.18. The molecule has 7 heteroatoms. The van der Waals surface area contributed by atoms with Gasteiger partial charge in [0.15, 0.2) is 0 Å². The molecule has 2 N–H and O–H groups in total. The number of urea groups is 1. The maximum Gasteiger partial charge on any atom is 0.321 e. The highest BCUT2D eigenvalue weighted by Crippen LogP contribution is 2.17. The molecule has 7 nitrogen and oxygen atoms in total. The van der Waals surface area contributed by atoms with Crippen molar-refractivity contribution in [1.29, 1.82) is 0 Å². The van der Waals surface area contributed by atoms with Crippen molar-refractivity contribution in [3.05, 3.63) is 47.5 Å². The summed E-state index contributed by atoms with van der Waals surface area (Å²) in [6, 6.07) is 5.13. The van der Waals surface area contributed by atoms with E-state index in [1.165, 1.54) is 0 Å². The molecular formula is C20H29N5O2. The van der Waals surface area contributed by atoms with Gasteiger partial charge in [0.2, 0.25) is 0 Å². The fourth-order valence-electron chi connectivity index (χ4n) is 2.71. The number of carbonyl (C=O) groups is 2. The van der Waals surface area contributed by atoms with Crippen LogP contribution in [0.15, 0.2) is 30.6 Å². The lowest BCUT2D eigenvalue weighted by atomic mass is 10.1. The number of anilines is 1. The summed E-state index contributed by atoms with van der Waals surface area (Å²) in [5.41, 5.74) is 2.17. The normalized spacial score (nSPS) is 10.5. The number of rotatable bonds is 8. The third kappa shape index (κ3) is 5.84. The Kier molecular flexibility index (Phi) is 7.40. The monoisotopic (exact) mass is 371 g/mol. The molecule has 0 atom stereocenters. The highest BCUT2D eigenvalue weighted by atomic mass is 16.2.